The van der Waals surface area contributed by atoms with Crippen molar-refractivity contribution in [1.29, 1.82) is 0 Å². The van der Waals surface area contributed by atoms with E-state index >= 15 is 0 Å². The molecule has 0 aromatic carbocycles. The topological polar surface area (TPSA) is 53.4 Å². The minimum absolute atomic E-state index is 0.0223. The molecule has 0 atom stereocenters. The molecule has 1 aromatic heterocycles. The smallest absolute Gasteiger partial charge is 0.433 e. The van der Waals surface area contributed by atoms with Gasteiger partial charge >= 0.3 is 12.1 Å². The molecule has 0 aliphatic heterocycles. The number of halogens is 3. The standard InChI is InChI=1S/C11H13F3N2O2/c1-2-6-16(7-10(17)18)9-5-3-4-8(15-9)11(12,13)14/h3-5H,2,6-7H2,1H3,(H,17,18). The van der Waals surface area contributed by atoms with Crippen molar-refractivity contribution in [3.05, 3.63) is 23.9 Å². The Morgan fingerprint density at radius 3 is 2.61 bits per heavy atom. The summed E-state index contributed by atoms with van der Waals surface area (Å²) in [6, 6.07) is 3.44. The number of hydrogen-bond donors (Lipinski definition) is 1. The van der Waals surface area contributed by atoms with Crippen molar-refractivity contribution in [2.45, 2.75) is 19.5 Å². The van der Waals surface area contributed by atoms with Gasteiger partial charge < -0.3 is 10.0 Å². The number of hydrogen-bond acceptors (Lipinski definition) is 3. The van der Waals surface area contributed by atoms with Crippen LogP contribution in [0.2, 0.25) is 0 Å². The molecule has 0 fully saturated rings. The monoisotopic (exact) mass is 262 g/mol. The molecular formula is C11H13F3N2O2. The molecule has 7 heteroatoms. The van der Waals surface area contributed by atoms with E-state index in [1.54, 1.807) is 0 Å². The number of pyridine rings is 1. The van der Waals surface area contributed by atoms with Crippen LogP contribution < -0.4 is 4.90 Å². The normalized spacial score (nSPS) is 11.3. The number of anilines is 1. The first-order valence-electron chi connectivity index (χ1n) is 5.35. The predicted octanol–water partition coefficient (Wildman–Crippen LogP) is 2.40. The highest BCUT2D eigenvalue weighted by Gasteiger charge is 2.32. The molecule has 0 amide bonds. The van der Waals surface area contributed by atoms with E-state index in [1.165, 1.54) is 17.0 Å². The average molecular weight is 262 g/mol. The van der Waals surface area contributed by atoms with E-state index in [4.69, 9.17) is 5.11 Å². The van der Waals surface area contributed by atoms with Gasteiger partial charge in [0, 0.05) is 6.54 Å². The Morgan fingerprint density at radius 2 is 2.11 bits per heavy atom. The van der Waals surface area contributed by atoms with Gasteiger partial charge in [-0.1, -0.05) is 13.0 Å². The Bertz CT molecular complexity index is 421. The van der Waals surface area contributed by atoms with Gasteiger partial charge in [-0.15, -0.1) is 0 Å². The van der Waals surface area contributed by atoms with Gasteiger partial charge in [-0.25, -0.2) is 4.98 Å². The number of nitrogens with zero attached hydrogens (tertiary/aromatic N) is 2. The highest BCUT2D eigenvalue weighted by Crippen LogP contribution is 2.28. The molecule has 1 heterocycles. The van der Waals surface area contributed by atoms with Crippen LogP contribution in [0.3, 0.4) is 0 Å². The fraction of sp³-hybridized carbons (Fsp3) is 0.455. The molecule has 100 valence electrons. The van der Waals surface area contributed by atoms with E-state index in [0.717, 1.165) is 6.07 Å². The Labute approximate surface area is 102 Å². The summed E-state index contributed by atoms with van der Waals surface area (Å²) in [5.74, 6) is -1.09. The molecular weight excluding hydrogens is 249 g/mol. The van der Waals surface area contributed by atoms with Gasteiger partial charge in [-0.05, 0) is 18.6 Å². The maximum Gasteiger partial charge on any atom is 0.433 e. The highest BCUT2D eigenvalue weighted by molar-refractivity contribution is 5.73. The molecule has 0 aliphatic rings. The lowest BCUT2D eigenvalue weighted by atomic mass is 10.3. The molecule has 0 spiro atoms. The zero-order valence-corrected chi connectivity index (χ0v) is 9.74. The molecule has 18 heavy (non-hydrogen) atoms. The summed E-state index contributed by atoms with van der Waals surface area (Å²) in [6.07, 6.45) is -3.91. The molecule has 0 saturated heterocycles. The summed E-state index contributed by atoms with van der Waals surface area (Å²) in [5, 5.41) is 8.71. The second kappa shape index (κ2) is 5.70. The number of aromatic nitrogens is 1. The number of alkyl halides is 3. The summed E-state index contributed by atoms with van der Waals surface area (Å²) in [7, 11) is 0. The zero-order valence-electron chi connectivity index (χ0n) is 9.74. The van der Waals surface area contributed by atoms with Crippen molar-refractivity contribution in [1.82, 2.24) is 4.98 Å². The molecule has 0 bridgehead atoms. The molecule has 1 rings (SSSR count). The maximum absolute atomic E-state index is 12.5. The van der Waals surface area contributed by atoms with Crippen LogP contribution in [0.15, 0.2) is 18.2 Å². The van der Waals surface area contributed by atoms with Crippen LogP contribution in [0.1, 0.15) is 19.0 Å². The van der Waals surface area contributed by atoms with Gasteiger partial charge in [0.05, 0.1) is 0 Å². The minimum Gasteiger partial charge on any atom is -0.480 e. The quantitative estimate of drug-likeness (QED) is 0.885. The summed E-state index contributed by atoms with van der Waals surface area (Å²) in [5.41, 5.74) is -1.02. The first-order chi connectivity index (χ1) is 8.34. The third kappa shape index (κ3) is 3.90. The van der Waals surface area contributed by atoms with Gasteiger partial charge in [0.2, 0.25) is 0 Å². The lowest BCUT2D eigenvalue weighted by molar-refractivity contribution is -0.141. The van der Waals surface area contributed by atoms with Crippen molar-refractivity contribution in [2.24, 2.45) is 0 Å². The van der Waals surface area contributed by atoms with E-state index in [2.05, 4.69) is 4.98 Å². The van der Waals surface area contributed by atoms with Crippen LogP contribution in [-0.2, 0) is 11.0 Å². The fourth-order valence-corrected chi connectivity index (χ4v) is 1.47. The van der Waals surface area contributed by atoms with E-state index in [-0.39, 0.29) is 12.4 Å². The third-order valence-electron chi connectivity index (χ3n) is 2.17. The largest absolute Gasteiger partial charge is 0.480 e. The summed E-state index contributed by atoms with van der Waals surface area (Å²) < 4.78 is 37.4. The predicted molar refractivity (Wildman–Crippen MR) is 59.4 cm³/mol. The van der Waals surface area contributed by atoms with Crippen LogP contribution in [0.25, 0.3) is 0 Å². The summed E-state index contributed by atoms with van der Waals surface area (Å²) in [4.78, 5) is 15.4. The Balaban J connectivity index is 3.01. The summed E-state index contributed by atoms with van der Waals surface area (Å²) in [6.45, 7) is 1.77. The van der Waals surface area contributed by atoms with E-state index in [9.17, 15) is 18.0 Å². The van der Waals surface area contributed by atoms with Crippen LogP contribution >= 0.6 is 0 Å². The molecule has 0 unspecified atom stereocenters. The first-order valence-corrected chi connectivity index (χ1v) is 5.35. The number of carboxylic acid groups (broad SMARTS) is 1. The Hall–Kier alpha value is -1.79. The Kier molecular flexibility index (Phi) is 4.52. The molecule has 1 aromatic rings. The van der Waals surface area contributed by atoms with E-state index < -0.39 is 17.8 Å². The minimum atomic E-state index is -4.53. The number of carboxylic acids is 1. The van der Waals surface area contributed by atoms with Crippen LogP contribution in [0.5, 0.6) is 0 Å². The second-order valence-corrected chi connectivity index (χ2v) is 3.69. The zero-order chi connectivity index (χ0) is 13.8. The van der Waals surface area contributed by atoms with Crippen molar-refractivity contribution in [3.8, 4) is 0 Å². The van der Waals surface area contributed by atoms with Crippen LogP contribution in [0.4, 0.5) is 19.0 Å². The number of carbonyl (C=O) groups is 1. The van der Waals surface area contributed by atoms with Gasteiger partial charge in [0.1, 0.15) is 18.1 Å². The van der Waals surface area contributed by atoms with E-state index in [0.29, 0.717) is 13.0 Å². The van der Waals surface area contributed by atoms with Crippen molar-refractivity contribution in [2.75, 3.05) is 18.0 Å². The van der Waals surface area contributed by atoms with Crippen LogP contribution in [0, 0.1) is 0 Å². The molecule has 1 N–H and O–H groups in total. The van der Waals surface area contributed by atoms with Crippen molar-refractivity contribution < 1.29 is 23.1 Å². The molecule has 0 radical (unpaired) electrons. The van der Waals surface area contributed by atoms with Crippen LogP contribution in [-0.4, -0.2) is 29.1 Å². The second-order valence-electron chi connectivity index (χ2n) is 3.69. The fourth-order valence-electron chi connectivity index (χ4n) is 1.47. The van der Waals surface area contributed by atoms with E-state index in [1.807, 2.05) is 6.92 Å². The molecule has 0 saturated carbocycles. The van der Waals surface area contributed by atoms with Crippen molar-refractivity contribution >= 4 is 11.8 Å². The molecule has 4 nitrogen and oxygen atoms in total. The summed E-state index contributed by atoms with van der Waals surface area (Å²) >= 11 is 0. The van der Waals surface area contributed by atoms with Gasteiger partial charge in [-0.2, -0.15) is 13.2 Å². The number of aliphatic carboxylic acids is 1. The highest BCUT2D eigenvalue weighted by atomic mass is 19.4. The first kappa shape index (κ1) is 14.3. The third-order valence-corrected chi connectivity index (χ3v) is 2.17. The van der Waals surface area contributed by atoms with Gasteiger partial charge in [0.15, 0.2) is 0 Å². The lowest BCUT2D eigenvalue weighted by Crippen LogP contribution is -2.31. The number of rotatable bonds is 5. The SMILES string of the molecule is CCCN(CC(=O)O)c1cccc(C(F)(F)F)n1. The van der Waals surface area contributed by atoms with Gasteiger partial charge in [0.25, 0.3) is 0 Å². The maximum atomic E-state index is 12.5. The van der Waals surface area contributed by atoms with Crippen molar-refractivity contribution in [3.63, 3.8) is 0 Å². The Morgan fingerprint density at radius 1 is 1.44 bits per heavy atom. The van der Waals surface area contributed by atoms with Gasteiger partial charge in [-0.3, -0.25) is 4.79 Å². The average Bonchev–Trinajstić information content (AvgIpc) is 2.27. The molecule has 0 aliphatic carbocycles. The lowest BCUT2D eigenvalue weighted by Gasteiger charge is -2.21.